The summed E-state index contributed by atoms with van der Waals surface area (Å²) in [5.74, 6) is -1.59. The van der Waals surface area contributed by atoms with E-state index in [0.29, 0.717) is 15.6 Å². The Morgan fingerprint density at radius 1 is 1.40 bits per heavy atom. The molecule has 0 fully saturated rings. The highest BCUT2D eigenvalue weighted by atomic mass is 35.5. The molecule has 0 aliphatic rings. The van der Waals surface area contributed by atoms with Crippen molar-refractivity contribution in [2.24, 2.45) is 0 Å². The number of hydrogen-bond acceptors (Lipinski definition) is 2. The number of benzene rings is 1. The van der Waals surface area contributed by atoms with Crippen molar-refractivity contribution in [3.05, 3.63) is 39.9 Å². The van der Waals surface area contributed by atoms with Gasteiger partial charge in [0.05, 0.1) is 10.0 Å². The number of carboxylic acid groups (broad SMARTS) is 1. The second-order valence-corrected chi connectivity index (χ2v) is 5.24. The lowest BCUT2D eigenvalue weighted by Gasteiger charge is -2.23. The van der Waals surface area contributed by atoms with Gasteiger partial charge in [0.2, 0.25) is 5.91 Å². The van der Waals surface area contributed by atoms with Crippen LogP contribution in [0.5, 0.6) is 0 Å². The predicted octanol–water partition coefficient (Wildman–Crippen LogP) is 3.38. The Hall–Kier alpha value is -1.52. The van der Waals surface area contributed by atoms with Crippen LogP contribution in [0.15, 0.2) is 24.3 Å². The lowest BCUT2D eigenvalue weighted by atomic mass is 9.99. The fourth-order valence-electron chi connectivity index (χ4n) is 1.42. The van der Waals surface area contributed by atoms with Crippen LogP contribution in [0.4, 0.5) is 0 Å². The summed E-state index contributed by atoms with van der Waals surface area (Å²) >= 11 is 11.8. The third-order valence-corrected chi connectivity index (χ3v) is 3.81. The Labute approximate surface area is 127 Å². The van der Waals surface area contributed by atoms with E-state index >= 15 is 0 Å². The first-order valence-corrected chi connectivity index (χ1v) is 6.73. The van der Waals surface area contributed by atoms with Crippen molar-refractivity contribution in [2.45, 2.75) is 25.8 Å². The van der Waals surface area contributed by atoms with E-state index in [0.717, 1.165) is 0 Å². The van der Waals surface area contributed by atoms with Crippen LogP contribution in [0.2, 0.25) is 10.0 Å². The summed E-state index contributed by atoms with van der Waals surface area (Å²) in [4.78, 5) is 22.8. The van der Waals surface area contributed by atoms with Crippen LogP contribution in [0.3, 0.4) is 0 Å². The molecule has 1 atom stereocenters. The minimum absolute atomic E-state index is 0.278. The zero-order chi connectivity index (χ0) is 15.3. The summed E-state index contributed by atoms with van der Waals surface area (Å²) in [6, 6.07) is 5.05. The van der Waals surface area contributed by atoms with E-state index < -0.39 is 17.4 Å². The number of aliphatic carboxylic acids is 1. The van der Waals surface area contributed by atoms with Gasteiger partial charge in [-0.1, -0.05) is 42.3 Å². The number of amides is 1. The number of carbonyl (C=O) groups is 2. The minimum Gasteiger partial charge on any atom is -0.480 e. The second-order valence-electron chi connectivity index (χ2n) is 4.46. The molecule has 1 aromatic rings. The maximum Gasteiger partial charge on any atom is 0.329 e. The fourth-order valence-corrected chi connectivity index (χ4v) is 1.79. The van der Waals surface area contributed by atoms with Gasteiger partial charge in [-0.2, -0.15) is 0 Å². The summed E-state index contributed by atoms with van der Waals surface area (Å²) < 4.78 is 0. The van der Waals surface area contributed by atoms with Gasteiger partial charge in [-0.15, -0.1) is 0 Å². The summed E-state index contributed by atoms with van der Waals surface area (Å²) in [5.41, 5.74) is -0.706. The average Bonchev–Trinajstić information content (AvgIpc) is 2.40. The SMILES string of the molecule is CCC(C)(NC(=O)C=Cc1cccc(Cl)c1Cl)C(=O)O. The molecule has 0 bridgehead atoms. The van der Waals surface area contributed by atoms with Gasteiger partial charge in [-0.05, 0) is 31.1 Å². The van der Waals surface area contributed by atoms with Gasteiger partial charge in [0.1, 0.15) is 5.54 Å². The first kappa shape index (κ1) is 16.5. The van der Waals surface area contributed by atoms with E-state index in [2.05, 4.69) is 5.32 Å². The zero-order valence-electron chi connectivity index (χ0n) is 11.1. The summed E-state index contributed by atoms with van der Waals surface area (Å²) in [6.45, 7) is 3.14. The van der Waals surface area contributed by atoms with Gasteiger partial charge in [0, 0.05) is 6.08 Å². The van der Waals surface area contributed by atoms with Gasteiger partial charge in [-0.3, -0.25) is 4.79 Å². The first-order chi connectivity index (χ1) is 9.30. The van der Waals surface area contributed by atoms with E-state index in [1.807, 2.05) is 0 Å². The quantitative estimate of drug-likeness (QED) is 0.819. The van der Waals surface area contributed by atoms with Crippen LogP contribution < -0.4 is 5.32 Å². The Morgan fingerprint density at radius 3 is 2.60 bits per heavy atom. The van der Waals surface area contributed by atoms with Crippen molar-refractivity contribution in [1.82, 2.24) is 5.32 Å². The molecule has 0 saturated heterocycles. The largest absolute Gasteiger partial charge is 0.480 e. The van der Waals surface area contributed by atoms with E-state index in [4.69, 9.17) is 28.3 Å². The predicted molar refractivity (Wildman–Crippen MR) is 80.0 cm³/mol. The highest BCUT2D eigenvalue weighted by molar-refractivity contribution is 6.42. The van der Waals surface area contributed by atoms with E-state index in [1.54, 1.807) is 25.1 Å². The number of nitrogens with one attached hydrogen (secondary N) is 1. The molecule has 1 unspecified atom stereocenters. The average molecular weight is 316 g/mol. The van der Waals surface area contributed by atoms with Crippen molar-refractivity contribution in [1.29, 1.82) is 0 Å². The number of halogens is 2. The maximum absolute atomic E-state index is 11.8. The Bertz CT molecular complexity index is 557. The smallest absolute Gasteiger partial charge is 0.329 e. The van der Waals surface area contributed by atoms with Crippen molar-refractivity contribution in [2.75, 3.05) is 0 Å². The third kappa shape index (κ3) is 3.99. The number of carboxylic acids is 1. The highest BCUT2D eigenvalue weighted by Crippen LogP contribution is 2.26. The molecular weight excluding hydrogens is 301 g/mol. The van der Waals surface area contributed by atoms with Gasteiger partial charge in [-0.25, -0.2) is 4.79 Å². The molecule has 20 heavy (non-hydrogen) atoms. The molecule has 108 valence electrons. The van der Waals surface area contributed by atoms with Crippen LogP contribution in [0, 0.1) is 0 Å². The summed E-state index contributed by atoms with van der Waals surface area (Å²) in [5, 5.41) is 12.2. The zero-order valence-corrected chi connectivity index (χ0v) is 12.6. The van der Waals surface area contributed by atoms with E-state index in [1.165, 1.54) is 19.1 Å². The molecule has 2 N–H and O–H groups in total. The van der Waals surface area contributed by atoms with Crippen LogP contribution in [-0.2, 0) is 9.59 Å². The molecule has 0 spiro atoms. The Kier molecular flexibility index (Phi) is 5.60. The monoisotopic (exact) mass is 315 g/mol. The van der Waals surface area contributed by atoms with E-state index in [-0.39, 0.29) is 6.42 Å². The second kappa shape index (κ2) is 6.77. The topological polar surface area (TPSA) is 66.4 Å². The lowest BCUT2D eigenvalue weighted by molar-refractivity contribution is -0.146. The number of hydrogen-bond donors (Lipinski definition) is 2. The molecule has 6 heteroatoms. The normalized spacial score (nSPS) is 14.0. The van der Waals surface area contributed by atoms with Gasteiger partial charge in [0.25, 0.3) is 0 Å². The number of carbonyl (C=O) groups excluding carboxylic acids is 1. The molecule has 0 radical (unpaired) electrons. The molecule has 4 nitrogen and oxygen atoms in total. The van der Waals surface area contributed by atoms with Gasteiger partial charge in [0.15, 0.2) is 0 Å². The van der Waals surface area contributed by atoms with Crippen LogP contribution in [-0.4, -0.2) is 22.5 Å². The van der Waals surface area contributed by atoms with E-state index in [9.17, 15) is 9.59 Å². The van der Waals surface area contributed by atoms with Crippen LogP contribution in [0.25, 0.3) is 6.08 Å². The summed E-state index contributed by atoms with van der Waals surface area (Å²) in [6.07, 6.45) is 3.00. The summed E-state index contributed by atoms with van der Waals surface area (Å²) in [7, 11) is 0. The molecule has 1 amide bonds. The van der Waals surface area contributed by atoms with Gasteiger partial charge >= 0.3 is 5.97 Å². The molecule has 0 heterocycles. The Morgan fingerprint density at radius 2 is 2.05 bits per heavy atom. The van der Waals surface area contributed by atoms with Crippen molar-refractivity contribution in [3.63, 3.8) is 0 Å². The number of rotatable bonds is 5. The highest BCUT2D eigenvalue weighted by Gasteiger charge is 2.31. The molecule has 0 aliphatic carbocycles. The molecule has 1 rings (SSSR count). The molecular formula is C14H15Cl2NO3. The van der Waals surface area contributed by atoms with Crippen LogP contribution >= 0.6 is 23.2 Å². The van der Waals surface area contributed by atoms with Gasteiger partial charge < -0.3 is 10.4 Å². The molecule has 0 saturated carbocycles. The molecule has 1 aromatic carbocycles. The molecule has 0 aliphatic heterocycles. The lowest BCUT2D eigenvalue weighted by Crippen LogP contribution is -2.51. The van der Waals surface area contributed by atoms with Crippen LogP contribution in [0.1, 0.15) is 25.8 Å². The minimum atomic E-state index is -1.29. The molecule has 0 aromatic heterocycles. The van der Waals surface area contributed by atoms with Crippen molar-refractivity contribution in [3.8, 4) is 0 Å². The third-order valence-electron chi connectivity index (χ3n) is 2.97. The van der Waals surface area contributed by atoms with Crippen molar-refractivity contribution >= 4 is 41.2 Å². The van der Waals surface area contributed by atoms with Crippen molar-refractivity contribution < 1.29 is 14.7 Å². The Balaban J connectivity index is 2.83. The maximum atomic E-state index is 11.8. The standard InChI is InChI=1S/C14H15Cl2NO3/c1-3-14(2,13(19)20)17-11(18)8-7-9-5-4-6-10(15)12(9)16/h4-8H,3H2,1-2H3,(H,17,18)(H,19,20). The fraction of sp³-hybridized carbons (Fsp3) is 0.286. The first-order valence-electron chi connectivity index (χ1n) is 5.98.